The minimum atomic E-state index is -0.223. The van der Waals surface area contributed by atoms with Crippen LogP contribution in [0.5, 0.6) is 0 Å². The van der Waals surface area contributed by atoms with Crippen molar-refractivity contribution in [2.45, 2.75) is 53.6 Å². The zero-order valence-electron chi connectivity index (χ0n) is 14.4. The smallest absolute Gasteiger partial charge is 0.143 e. The van der Waals surface area contributed by atoms with Gasteiger partial charge in [0.1, 0.15) is 6.29 Å². The number of carbonyl (C=O) groups excluding carboxylic acids is 1. The summed E-state index contributed by atoms with van der Waals surface area (Å²) < 4.78 is 0. The van der Waals surface area contributed by atoms with Crippen molar-refractivity contribution in [3.8, 4) is 0 Å². The third kappa shape index (κ3) is 5.61. The molecule has 0 amide bonds. The average molecular weight is 300 g/mol. The molecule has 1 atom stereocenters. The van der Waals surface area contributed by atoms with E-state index in [4.69, 9.17) is 0 Å². The van der Waals surface area contributed by atoms with Gasteiger partial charge in [0.2, 0.25) is 0 Å². The van der Waals surface area contributed by atoms with Crippen molar-refractivity contribution in [2.24, 2.45) is 5.41 Å². The lowest BCUT2D eigenvalue weighted by Crippen LogP contribution is -2.28. The summed E-state index contributed by atoms with van der Waals surface area (Å²) in [4.78, 5) is 10.3. The van der Waals surface area contributed by atoms with Gasteiger partial charge in [-0.3, -0.25) is 4.79 Å². The molecule has 0 aromatic rings. The van der Waals surface area contributed by atoms with Crippen molar-refractivity contribution in [3.63, 3.8) is 0 Å². The van der Waals surface area contributed by atoms with Gasteiger partial charge < -0.3 is 5.11 Å². The first-order valence-electron chi connectivity index (χ1n) is 7.79. The van der Waals surface area contributed by atoms with E-state index in [1.807, 2.05) is 25.2 Å². The summed E-state index contributed by atoms with van der Waals surface area (Å²) in [6.07, 6.45) is 13.9. The average Bonchev–Trinajstić information content (AvgIpc) is 2.36. The largest absolute Gasteiger partial charge is 0.393 e. The second-order valence-electron chi connectivity index (χ2n) is 6.79. The molecule has 1 N–H and O–H groups in total. The molecule has 120 valence electrons. The minimum absolute atomic E-state index is 0.0116. The molecule has 0 radical (unpaired) electrons. The molecular formula is C20H28O2. The van der Waals surface area contributed by atoms with E-state index in [1.165, 1.54) is 11.1 Å². The molecule has 1 aliphatic rings. The molecule has 1 rings (SSSR count). The molecule has 0 aromatic carbocycles. The van der Waals surface area contributed by atoms with Gasteiger partial charge in [-0.1, -0.05) is 55.4 Å². The molecule has 0 heterocycles. The second-order valence-corrected chi connectivity index (χ2v) is 6.79. The highest BCUT2D eigenvalue weighted by Crippen LogP contribution is 2.40. The van der Waals surface area contributed by atoms with E-state index in [-0.39, 0.29) is 11.5 Å². The Hall–Kier alpha value is -1.67. The molecule has 2 heteroatoms. The monoisotopic (exact) mass is 300 g/mol. The van der Waals surface area contributed by atoms with Crippen LogP contribution in [0.25, 0.3) is 0 Å². The lowest BCUT2D eigenvalue weighted by atomic mass is 9.71. The summed E-state index contributed by atoms with van der Waals surface area (Å²) in [5.74, 6) is 0. The topological polar surface area (TPSA) is 37.3 Å². The molecule has 22 heavy (non-hydrogen) atoms. The van der Waals surface area contributed by atoms with E-state index in [1.54, 1.807) is 6.08 Å². The summed E-state index contributed by atoms with van der Waals surface area (Å²) in [6, 6.07) is 0. The third-order valence-corrected chi connectivity index (χ3v) is 4.04. The van der Waals surface area contributed by atoms with Crippen LogP contribution >= 0.6 is 0 Å². The molecule has 0 saturated carbocycles. The highest BCUT2D eigenvalue weighted by molar-refractivity contribution is 5.66. The number of aldehydes is 1. The molecule has 1 unspecified atom stereocenters. The number of allylic oxidation sites excluding steroid dienone is 9. The van der Waals surface area contributed by atoms with Crippen LogP contribution in [0.3, 0.4) is 0 Å². The summed E-state index contributed by atoms with van der Waals surface area (Å²) in [5, 5.41) is 9.91. The summed E-state index contributed by atoms with van der Waals surface area (Å²) in [5.41, 5.74) is 4.69. The van der Waals surface area contributed by atoms with Crippen molar-refractivity contribution in [2.75, 3.05) is 0 Å². The van der Waals surface area contributed by atoms with E-state index in [0.29, 0.717) is 0 Å². The van der Waals surface area contributed by atoms with Crippen LogP contribution in [0.2, 0.25) is 0 Å². The molecule has 0 fully saturated rings. The molecular weight excluding hydrogens is 272 g/mol. The molecule has 0 saturated heterocycles. The number of hydrogen-bond donors (Lipinski definition) is 1. The number of aliphatic hydroxyl groups excluding tert-OH is 1. The predicted molar refractivity (Wildman–Crippen MR) is 93.6 cm³/mol. The Morgan fingerprint density at radius 2 is 1.82 bits per heavy atom. The Kier molecular flexibility index (Phi) is 6.76. The Morgan fingerprint density at radius 3 is 2.41 bits per heavy atom. The lowest BCUT2D eigenvalue weighted by Gasteiger charge is -2.35. The summed E-state index contributed by atoms with van der Waals surface area (Å²) in [7, 11) is 0. The van der Waals surface area contributed by atoms with Crippen molar-refractivity contribution < 1.29 is 9.90 Å². The molecule has 0 bridgehead atoms. The predicted octanol–water partition coefficient (Wildman–Crippen LogP) is 4.69. The van der Waals surface area contributed by atoms with Crippen molar-refractivity contribution in [1.82, 2.24) is 0 Å². The third-order valence-electron chi connectivity index (χ3n) is 4.04. The quantitative estimate of drug-likeness (QED) is 0.454. The molecule has 0 aliphatic heterocycles. The van der Waals surface area contributed by atoms with E-state index < -0.39 is 0 Å². The Morgan fingerprint density at radius 1 is 1.18 bits per heavy atom. The van der Waals surface area contributed by atoms with Crippen LogP contribution in [0, 0.1) is 5.41 Å². The Balaban J connectivity index is 2.84. The van der Waals surface area contributed by atoms with Gasteiger partial charge in [0.15, 0.2) is 0 Å². The maximum absolute atomic E-state index is 10.3. The number of rotatable bonds is 5. The molecule has 0 spiro atoms. The SMILES string of the molecule is CC1=C(/C=C/C(C)=C\C=C\C(C)=C/C=O)C(C)(C)CC(O)C1. The Bertz CT molecular complexity index is 554. The fourth-order valence-electron chi connectivity index (χ4n) is 2.96. The zero-order valence-corrected chi connectivity index (χ0v) is 14.4. The van der Waals surface area contributed by atoms with E-state index in [9.17, 15) is 9.90 Å². The Labute approximate surface area is 134 Å². The van der Waals surface area contributed by atoms with E-state index >= 15 is 0 Å². The number of aliphatic hydroxyl groups is 1. The minimum Gasteiger partial charge on any atom is -0.393 e. The van der Waals surface area contributed by atoms with E-state index in [0.717, 1.165) is 30.3 Å². The van der Waals surface area contributed by atoms with Gasteiger partial charge >= 0.3 is 0 Å². The zero-order chi connectivity index (χ0) is 16.8. The molecule has 1 aliphatic carbocycles. The van der Waals surface area contributed by atoms with Gasteiger partial charge in [0.05, 0.1) is 6.10 Å². The lowest BCUT2D eigenvalue weighted by molar-refractivity contribution is -0.104. The van der Waals surface area contributed by atoms with Gasteiger partial charge in [-0.15, -0.1) is 0 Å². The second kappa shape index (κ2) is 8.09. The van der Waals surface area contributed by atoms with E-state index in [2.05, 4.69) is 39.8 Å². The van der Waals surface area contributed by atoms with Crippen molar-refractivity contribution in [1.29, 1.82) is 0 Å². The van der Waals surface area contributed by atoms with Crippen LogP contribution < -0.4 is 0 Å². The maximum atomic E-state index is 10.3. The van der Waals surface area contributed by atoms with Gasteiger partial charge in [-0.25, -0.2) is 0 Å². The fourth-order valence-corrected chi connectivity index (χ4v) is 2.96. The molecule has 0 aromatic heterocycles. The first kappa shape index (κ1) is 18.4. The maximum Gasteiger partial charge on any atom is 0.143 e. The van der Waals surface area contributed by atoms with Crippen LogP contribution in [-0.2, 0) is 4.79 Å². The van der Waals surface area contributed by atoms with Gasteiger partial charge in [0, 0.05) is 0 Å². The number of carbonyl (C=O) groups is 1. The van der Waals surface area contributed by atoms with Crippen LogP contribution in [0.4, 0.5) is 0 Å². The van der Waals surface area contributed by atoms with Gasteiger partial charge in [-0.05, 0) is 56.3 Å². The highest BCUT2D eigenvalue weighted by atomic mass is 16.3. The summed E-state index contributed by atoms with van der Waals surface area (Å²) >= 11 is 0. The molecule has 2 nitrogen and oxygen atoms in total. The van der Waals surface area contributed by atoms with Gasteiger partial charge in [0.25, 0.3) is 0 Å². The first-order chi connectivity index (χ1) is 10.3. The van der Waals surface area contributed by atoms with Crippen molar-refractivity contribution >= 4 is 6.29 Å². The van der Waals surface area contributed by atoms with Gasteiger partial charge in [-0.2, -0.15) is 0 Å². The van der Waals surface area contributed by atoms with Crippen molar-refractivity contribution in [3.05, 3.63) is 58.7 Å². The van der Waals surface area contributed by atoms with Crippen LogP contribution in [0.15, 0.2) is 58.7 Å². The standard InChI is InChI=1S/C20H28O2/c1-15(7-6-8-16(2)11-12-21)9-10-19-17(3)13-18(22)14-20(19,4)5/h6-12,18,22H,13-14H2,1-5H3/b8-6+,10-9+,15-7-,16-11-. The number of hydrogen-bond acceptors (Lipinski definition) is 2. The first-order valence-corrected chi connectivity index (χ1v) is 7.79. The summed E-state index contributed by atoms with van der Waals surface area (Å²) in [6.45, 7) is 10.4. The highest BCUT2D eigenvalue weighted by Gasteiger charge is 2.31. The van der Waals surface area contributed by atoms with Crippen LogP contribution in [-0.4, -0.2) is 17.5 Å². The normalized spacial score (nSPS) is 23.6. The van der Waals surface area contributed by atoms with Crippen LogP contribution in [0.1, 0.15) is 47.5 Å². The fraction of sp³-hybridized carbons (Fsp3) is 0.450.